The highest BCUT2D eigenvalue weighted by molar-refractivity contribution is 4.67. The Labute approximate surface area is 95.4 Å². The molecule has 0 bridgehead atoms. The molecule has 1 N–H and O–H groups in total. The molecule has 1 saturated heterocycles. The quantitative estimate of drug-likeness (QED) is 0.728. The molecule has 0 unspecified atom stereocenters. The fraction of sp³-hybridized carbons (Fsp3) is 1.00. The Morgan fingerprint density at radius 1 is 1.00 bits per heavy atom. The number of hydrogen-bond donors (Lipinski definition) is 1. The zero-order valence-electron chi connectivity index (χ0n) is 10.6. The van der Waals surface area contributed by atoms with Gasteiger partial charge in [-0.2, -0.15) is 0 Å². The summed E-state index contributed by atoms with van der Waals surface area (Å²) in [7, 11) is 0. The molecule has 0 aliphatic carbocycles. The van der Waals surface area contributed by atoms with E-state index in [4.69, 9.17) is 0 Å². The molecule has 0 radical (unpaired) electrons. The van der Waals surface area contributed by atoms with Gasteiger partial charge in [0, 0.05) is 19.1 Å². The molecule has 0 spiro atoms. The first-order chi connectivity index (χ1) is 7.36. The third-order valence-electron chi connectivity index (χ3n) is 3.55. The van der Waals surface area contributed by atoms with Crippen LogP contribution in [0.1, 0.15) is 52.4 Å². The van der Waals surface area contributed by atoms with Gasteiger partial charge in [0.2, 0.25) is 0 Å². The monoisotopic (exact) mass is 212 g/mol. The summed E-state index contributed by atoms with van der Waals surface area (Å²) in [5.41, 5.74) is 0. The summed E-state index contributed by atoms with van der Waals surface area (Å²) in [5, 5.41) is 3.65. The van der Waals surface area contributed by atoms with E-state index in [1.165, 1.54) is 64.7 Å². The second kappa shape index (κ2) is 8.12. The average Bonchev–Trinajstić information content (AvgIpc) is 2.53. The summed E-state index contributed by atoms with van der Waals surface area (Å²) in [6, 6.07) is 0.733. The minimum absolute atomic E-state index is 0.733. The Kier molecular flexibility index (Phi) is 7.03. The SMILES string of the molecule is CCC(CC)NCCN1CCCCCC1. The standard InChI is InChI=1S/C13H28N2/c1-3-13(4-2)14-9-12-15-10-7-5-6-8-11-15/h13-14H,3-12H2,1-2H3. The maximum Gasteiger partial charge on any atom is 0.0107 e. The van der Waals surface area contributed by atoms with E-state index < -0.39 is 0 Å². The molecule has 0 atom stereocenters. The molecule has 0 aromatic heterocycles. The Balaban J connectivity index is 2.07. The lowest BCUT2D eigenvalue weighted by atomic mass is 10.2. The first-order valence-electron chi connectivity index (χ1n) is 6.82. The number of nitrogens with one attached hydrogen (secondary N) is 1. The third kappa shape index (κ3) is 5.53. The predicted molar refractivity (Wildman–Crippen MR) is 67.3 cm³/mol. The Morgan fingerprint density at radius 2 is 1.60 bits per heavy atom. The van der Waals surface area contributed by atoms with Gasteiger partial charge in [0.05, 0.1) is 0 Å². The summed E-state index contributed by atoms with van der Waals surface area (Å²) in [4.78, 5) is 2.63. The highest BCUT2D eigenvalue weighted by Gasteiger charge is 2.08. The molecule has 2 nitrogen and oxygen atoms in total. The summed E-state index contributed by atoms with van der Waals surface area (Å²) < 4.78 is 0. The maximum atomic E-state index is 3.65. The zero-order valence-corrected chi connectivity index (χ0v) is 10.6. The van der Waals surface area contributed by atoms with Crippen LogP contribution in [0, 0.1) is 0 Å². The summed E-state index contributed by atoms with van der Waals surface area (Å²) in [6.07, 6.45) is 8.22. The Bertz CT molecular complexity index is 135. The van der Waals surface area contributed by atoms with E-state index in [0.29, 0.717) is 0 Å². The van der Waals surface area contributed by atoms with Gasteiger partial charge < -0.3 is 10.2 Å². The van der Waals surface area contributed by atoms with Crippen LogP contribution in [0.2, 0.25) is 0 Å². The van der Waals surface area contributed by atoms with Crippen LogP contribution in [0.5, 0.6) is 0 Å². The fourth-order valence-electron chi connectivity index (χ4n) is 2.36. The van der Waals surface area contributed by atoms with Crippen molar-refractivity contribution in [1.29, 1.82) is 0 Å². The van der Waals surface area contributed by atoms with Crippen LogP contribution in [-0.2, 0) is 0 Å². The lowest BCUT2D eigenvalue weighted by molar-refractivity contribution is 0.277. The van der Waals surface area contributed by atoms with E-state index in [9.17, 15) is 0 Å². The van der Waals surface area contributed by atoms with Gasteiger partial charge in [-0.15, -0.1) is 0 Å². The minimum Gasteiger partial charge on any atom is -0.313 e. The van der Waals surface area contributed by atoms with Crippen molar-refractivity contribution in [2.75, 3.05) is 26.2 Å². The molecule has 1 aliphatic heterocycles. The number of nitrogens with zero attached hydrogens (tertiary/aromatic N) is 1. The predicted octanol–water partition coefficient (Wildman–Crippen LogP) is 2.64. The summed E-state index contributed by atoms with van der Waals surface area (Å²) >= 11 is 0. The Hall–Kier alpha value is -0.0800. The molecule has 0 aromatic rings. The first-order valence-corrected chi connectivity index (χ1v) is 6.82. The molecular formula is C13H28N2. The smallest absolute Gasteiger partial charge is 0.0107 e. The van der Waals surface area contributed by atoms with E-state index in [0.717, 1.165) is 6.04 Å². The van der Waals surface area contributed by atoms with Crippen LogP contribution in [0.25, 0.3) is 0 Å². The first kappa shape index (κ1) is 13.0. The van der Waals surface area contributed by atoms with E-state index >= 15 is 0 Å². The highest BCUT2D eigenvalue weighted by Crippen LogP contribution is 2.08. The average molecular weight is 212 g/mol. The zero-order chi connectivity index (χ0) is 10.9. The fourth-order valence-corrected chi connectivity index (χ4v) is 2.36. The molecule has 1 aliphatic rings. The van der Waals surface area contributed by atoms with Gasteiger partial charge in [-0.1, -0.05) is 26.7 Å². The molecule has 0 saturated carbocycles. The van der Waals surface area contributed by atoms with Crippen LogP contribution in [0.4, 0.5) is 0 Å². The van der Waals surface area contributed by atoms with E-state index in [1.54, 1.807) is 0 Å². The lowest BCUT2D eigenvalue weighted by Gasteiger charge is -2.22. The number of likely N-dealkylation sites (tertiary alicyclic amines) is 1. The van der Waals surface area contributed by atoms with E-state index in [-0.39, 0.29) is 0 Å². The van der Waals surface area contributed by atoms with Crippen LogP contribution in [0.15, 0.2) is 0 Å². The number of hydrogen-bond acceptors (Lipinski definition) is 2. The van der Waals surface area contributed by atoms with Crippen molar-refractivity contribution in [2.24, 2.45) is 0 Å². The minimum atomic E-state index is 0.733. The molecule has 0 amide bonds. The highest BCUT2D eigenvalue weighted by atomic mass is 15.1. The van der Waals surface area contributed by atoms with Crippen molar-refractivity contribution < 1.29 is 0 Å². The largest absolute Gasteiger partial charge is 0.313 e. The van der Waals surface area contributed by atoms with Gasteiger partial charge in [-0.05, 0) is 38.8 Å². The number of rotatable bonds is 6. The van der Waals surface area contributed by atoms with Gasteiger partial charge in [0.15, 0.2) is 0 Å². The maximum absolute atomic E-state index is 3.65. The third-order valence-corrected chi connectivity index (χ3v) is 3.55. The molecule has 1 fully saturated rings. The molecule has 15 heavy (non-hydrogen) atoms. The lowest BCUT2D eigenvalue weighted by Crippen LogP contribution is -2.37. The van der Waals surface area contributed by atoms with Crippen LogP contribution in [0.3, 0.4) is 0 Å². The van der Waals surface area contributed by atoms with Crippen molar-refractivity contribution in [3.05, 3.63) is 0 Å². The molecular weight excluding hydrogens is 184 g/mol. The summed E-state index contributed by atoms with van der Waals surface area (Å²) in [6.45, 7) is 9.61. The van der Waals surface area contributed by atoms with Crippen molar-refractivity contribution >= 4 is 0 Å². The van der Waals surface area contributed by atoms with Gasteiger partial charge in [0.25, 0.3) is 0 Å². The second-order valence-electron chi connectivity index (χ2n) is 4.72. The van der Waals surface area contributed by atoms with Crippen LogP contribution in [-0.4, -0.2) is 37.1 Å². The molecule has 90 valence electrons. The van der Waals surface area contributed by atoms with E-state index in [1.807, 2.05) is 0 Å². The second-order valence-corrected chi connectivity index (χ2v) is 4.72. The van der Waals surface area contributed by atoms with Crippen LogP contribution >= 0.6 is 0 Å². The van der Waals surface area contributed by atoms with Gasteiger partial charge in [-0.3, -0.25) is 0 Å². The van der Waals surface area contributed by atoms with Crippen molar-refractivity contribution in [2.45, 2.75) is 58.4 Å². The summed E-state index contributed by atoms with van der Waals surface area (Å²) in [5.74, 6) is 0. The van der Waals surface area contributed by atoms with Gasteiger partial charge >= 0.3 is 0 Å². The van der Waals surface area contributed by atoms with Gasteiger partial charge in [-0.25, -0.2) is 0 Å². The molecule has 2 heteroatoms. The van der Waals surface area contributed by atoms with Crippen molar-refractivity contribution in [3.8, 4) is 0 Å². The molecule has 1 heterocycles. The van der Waals surface area contributed by atoms with Gasteiger partial charge in [0.1, 0.15) is 0 Å². The molecule has 0 aromatic carbocycles. The normalized spacial score (nSPS) is 19.4. The molecule has 1 rings (SSSR count). The van der Waals surface area contributed by atoms with Crippen molar-refractivity contribution in [3.63, 3.8) is 0 Å². The van der Waals surface area contributed by atoms with E-state index in [2.05, 4.69) is 24.1 Å². The van der Waals surface area contributed by atoms with Crippen LogP contribution < -0.4 is 5.32 Å². The van der Waals surface area contributed by atoms with Crippen molar-refractivity contribution in [1.82, 2.24) is 10.2 Å². The Morgan fingerprint density at radius 3 is 2.13 bits per heavy atom. The topological polar surface area (TPSA) is 15.3 Å².